The molecule has 1 aliphatic heterocycles. The zero-order chi connectivity index (χ0) is 14.5. The van der Waals surface area contributed by atoms with Gasteiger partial charge in [0.2, 0.25) is 11.8 Å². The van der Waals surface area contributed by atoms with Crippen molar-refractivity contribution in [1.29, 1.82) is 0 Å². The minimum atomic E-state index is -0.209. The van der Waals surface area contributed by atoms with Crippen molar-refractivity contribution in [2.24, 2.45) is 5.92 Å². The van der Waals surface area contributed by atoms with Crippen LogP contribution in [0.1, 0.15) is 26.2 Å². The van der Waals surface area contributed by atoms with Gasteiger partial charge in [-0.15, -0.1) is 0 Å². The van der Waals surface area contributed by atoms with Gasteiger partial charge in [-0.25, -0.2) is 0 Å². The summed E-state index contributed by atoms with van der Waals surface area (Å²) in [6.07, 6.45) is 3.46. The molecule has 108 valence electrons. The summed E-state index contributed by atoms with van der Waals surface area (Å²) in [5.74, 6) is -0.337. The number of aromatic nitrogens is 1. The maximum Gasteiger partial charge on any atom is 0.250 e. The number of aryl methyl sites for hydroxylation is 1. The fourth-order valence-corrected chi connectivity index (χ4v) is 2.22. The monoisotopic (exact) mass is 277 g/mol. The maximum absolute atomic E-state index is 12.1. The summed E-state index contributed by atoms with van der Waals surface area (Å²) in [5, 5.41) is 5.49. The fourth-order valence-electron chi connectivity index (χ4n) is 2.22. The molecule has 2 heterocycles. The van der Waals surface area contributed by atoms with Crippen LogP contribution in [0.4, 0.5) is 5.69 Å². The SMILES string of the molecule is CCCn1cc(NC(=O)C2CCC(=O)NC2)ccc1=O. The summed E-state index contributed by atoms with van der Waals surface area (Å²) in [5.41, 5.74) is 0.537. The lowest BCUT2D eigenvalue weighted by atomic mass is 9.98. The van der Waals surface area contributed by atoms with Crippen LogP contribution in [0.15, 0.2) is 23.1 Å². The highest BCUT2D eigenvalue weighted by Crippen LogP contribution is 2.14. The van der Waals surface area contributed by atoms with E-state index in [2.05, 4.69) is 10.6 Å². The Morgan fingerprint density at radius 2 is 2.25 bits per heavy atom. The Morgan fingerprint density at radius 3 is 2.90 bits per heavy atom. The van der Waals surface area contributed by atoms with Crippen molar-refractivity contribution < 1.29 is 9.59 Å². The molecule has 1 aliphatic rings. The highest BCUT2D eigenvalue weighted by molar-refractivity contribution is 5.93. The molecule has 6 nitrogen and oxygen atoms in total. The van der Waals surface area contributed by atoms with Gasteiger partial charge in [0.1, 0.15) is 0 Å². The molecule has 0 aromatic carbocycles. The third-order valence-corrected chi connectivity index (χ3v) is 3.35. The van der Waals surface area contributed by atoms with Crippen LogP contribution in [0.2, 0.25) is 0 Å². The van der Waals surface area contributed by atoms with E-state index in [0.717, 1.165) is 6.42 Å². The molecule has 2 rings (SSSR count). The van der Waals surface area contributed by atoms with E-state index in [4.69, 9.17) is 0 Å². The van der Waals surface area contributed by atoms with E-state index < -0.39 is 0 Å². The number of nitrogens with zero attached hydrogens (tertiary/aromatic N) is 1. The third-order valence-electron chi connectivity index (χ3n) is 3.35. The van der Waals surface area contributed by atoms with Crippen molar-refractivity contribution in [2.45, 2.75) is 32.7 Å². The van der Waals surface area contributed by atoms with Gasteiger partial charge < -0.3 is 15.2 Å². The number of anilines is 1. The second-order valence-electron chi connectivity index (χ2n) is 4.98. The van der Waals surface area contributed by atoms with Gasteiger partial charge in [0, 0.05) is 31.8 Å². The molecule has 1 fully saturated rings. The van der Waals surface area contributed by atoms with Crippen LogP contribution in [0.25, 0.3) is 0 Å². The Labute approximate surface area is 117 Å². The molecule has 0 radical (unpaired) electrons. The topological polar surface area (TPSA) is 80.2 Å². The Hall–Kier alpha value is -2.11. The standard InChI is InChI=1S/C14H19N3O3/c1-2-7-17-9-11(4-6-13(17)19)16-14(20)10-3-5-12(18)15-8-10/h4,6,9-10H,2-3,5,7-8H2,1H3,(H,15,18)(H,16,20). The Bertz CT molecular complexity index is 555. The number of pyridine rings is 1. The minimum Gasteiger partial charge on any atom is -0.355 e. The number of nitrogens with one attached hydrogen (secondary N) is 2. The summed E-state index contributed by atoms with van der Waals surface area (Å²) in [6.45, 7) is 2.99. The number of rotatable bonds is 4. The second-order valence-corrected chi connectivity index (χ2v) is 4.98. The molecule has 6 heteroatoms. The summed E-state index contributed by atoms with van der Waals surface area (Å²) in [4.78, 5) is 34.7. The Morgan fingerprint density at radius 1 is 1.45 bits per heavy atom. The van der Waals surface area contributed by atoms with Crippen LogP contribution in [0, 0.1) is 5.92 Å². The van der Waals surface area contributed by atoms with Gasteiger partial charge in [-0.1, -0.05) is 6.92 Å². The average Bonchev–Trinajstić information content (AvgIpc) is 2.43. The molecule has 0 saturated carbocycles. The molecule has 1 unspecified atom stereocenters. The molecular weight excluding hydrogens is 258 g/mol. The van der Waals surface area contributed by atoms with Gasteiger partial charge in [-0.05, 0) is 18.9 Å². The molecule has 1 aromatic rings. The Balaban J connectivity index is 2.02. The quantitative estimate of drug-likeness (QED) is 0.851. The molecule has 1 aromatic heterocycles. The predicted molar refractivity (Wildman–Crippen MR) is 75.4 cm³/mol. The van der Waals surface area contributed by atoms with Crippen molar-refractivity contribution in [3.05, 3.63) is 28.7 Å². The smallest absolute Gasteiger partial charge is 0.250 e. The third kappa shape index (κ3) is 3.46. The molecule has 2 N–H and O–H groups in total. The second kappa shape index (κ2) is 6.36. The van der Waals surface area contributed by atoms with Crippen LogP contribution >= 0.6 is 0 Å². The first kappa shape index (κ1) is 14.3. The summed E-state index contributed by atoms with van der Waals surface area (Å²) in [6, 6.07) is 3.06. The predicted octanol–water partition coefficient (Wildman–Crippen LogP) is 0.723. The lowest BCUT2D eigenvalue weighted by Crippen LogP contribution is -2.40. The summed E-state index contributed by atoms with van der Waals surface area (Å²) >= 11 is 0. The molecule has 20 heavy (non-hydrogen) atoms. The molecule has 0 spiro atoms. The molecular formula is C14H19N3O3. The molecule has 0 bridgehead atoms. The van der Waals surface area contributed by atoms with E-state index in [-0.39, 0.29) is 23.3 Å². The first-order valence-electron chi connectivity index (χ1n) is 6.88. The number of hydrogen-bond acceptors (Lipinski definition) is 3. The summed E-state index contributed by atoms with van der Waals surface area (Å²) < 4.78 is 1.58. The van der Waals surface area contributed by atoms with E-state index in [9.17, 15) is 14.4 Å². The Kier molecular flexibility index (Phi) is 4.55. The first-order chi connectivity index (χ1) is 9.60. The highest BCUT2D eigenvalue weighted by Gasteiger charge is 2.24. The normalized spacial score (nSPS) is 18.4. The largest absolute Gasteiger partial charge is 0.355 e. The van der Waals surface area contributed by atoms with Crippen LogP contribution < -0.4 is 16.2 Å². The van der Waals surface area contributed by atoms with Gasteiger partial charge in [0.15, 0.2) is 0 Å². The van der Waals surface area contributed by atoms with E-state index in [1.807, 2.05) is 6.92 Å². The van der Waals surface area contributed by atoms with Crippen molar-refractivity contribution in [3.63, 3.8) is 0 Å². The minimum absolute atomic E-state index is 0.00875. The van der Waals surface area contributed by atoms with Gasteiger partial charge >= 0.3 is 0 Å². The van der Waals surface area contributed by atoms with Crippen LogP contribution in [-0.4, -0.2) is 22.9 Å². The van der Waals surface area contributed by atoms with Crippen molar-refractivity contribution in [2.75, 3.05) is 11.9 Å². The van der Waals surface area contributed by atoms with Crippen LogP contribution in [0.5, 0.6) is 0 Å². The van der Waals surface area contributed by atoms with E-state index in [0.29, 0.717) is 31.6 Å². The number of amides is 2. The molecule has 2 amide bonds. The highest BCUT2D eigenvalue weighted by atomic mass is 16.2. The van der Waals surface area contributed by atoms with E-state index in [1.165, 1.54) is 6.07 Å². The number of piperidine rings is 1. The van der Waals surface area contributed by atoms with Gasteiger partial charge in [-0.3, -0.25) is 14.4 Å². The number of carbonyl (C=O) groups is 2. The van der Waals surface area contributed by atoms with Crippen molar-refractivity contribution in [1.82, 2.24) is 9.88 Å². The first-order valence-corrected chi connectivity index (χ1v) is 6.88. The zero-order valence-electron chi connectivity index (χ0n) is 11.5. The zero-order valence-corrected chi connectivity index (χ0v) is 11.5. The lowest BCUT2D eigenvalue weighted by molar-refractivity contribution is -0.126. The van der Waals surface area contributed by atoms with Crippen molar-refractivity contribution in [3.8, 4) is 0 Å². The van der Waals surface area contributed by atoms with Crippen molar-refractivity contribution >= 4 is 17.5 Å². The molecule has 1 saturated heterocycles. The summed E-state index contributed by atoms with van der Waals surface area (Å²) in [7, 11) is 0. The van der Waals surface area contributed by atoms with Gasteiger partial charge in [0.25, 0.3) is 5.56 Å². The number of carbonyl (C=O) groups excluding carboxylic acids is 2. The fraction of sp³-hybridized carbons (Fsp3) is 0.500. The average molecular weight is 277 g/mol. The number of hydrogen-bond donors (Lipinski definition) is 2. The van der Waals surface area contributed by atoms with E-state index >= 15 is 0 Å². The van der Waals surface area contributed by atoms with E-state index in [1.54, 1.807) is 16.8 Å². The van der Waals surface area contributed by atoms with Crippen LogP contribution in [0.3, 0.4) is 0 Å². The van der Waals surface area contributed by atoms with Gasteiger partial charge in [-0.2, -0.15) is 0 Å². The molecule has 1 atom stereocenters. The van der Waals surface area contributed by atoms with Crippen LogP contribution in [-0.2, 0) is 16.1 Å². The lowest BCUT2D eigenvalue weighted by Gasteiger charge is -2.21. The van der Waals surface area contributed by atoms with Gasteiger partial charge in [0.05, 0.1) is 11.6 Å². The molecule has 0 aliphatic carbocycles. The maximum atomic E-state index is 12.1.